The van der Waals surface area contributed by atoms with Gasteiger partial charge in [-0.25, -0.2) is 0 Å². The Bertz CT molecular complexity index is 358. The maximum absolute atomic E-state index is 12.2. The zero-order valence-electron chi connectivity index (χ0n) is 10.4. The molecule has 1 heterocycles. The molecule has 0 amide bonds. The van der Waals surface area contributed by atoms with E-state index >= 15 is 0 Å². The molecule has 2 aliphatic rings. The quantitative estimate of drug-likeness (QED) is 0.773. The normalized spacial score (nSPS) is 36.2. The van der Waals surface area contributed by atoms with Crippen LogP contribution in [-0.4, -0.2) is 37.9 Å². The van der Waals surface area contributed by atoms with Gasteiger partial charge >= 0.3 is 0 Å². The minimum atomic E-state index is -3.33. The highest BCUT2D eigenvalue weighted by Gasteiger charge is 2.32. The molecule has 6 heteroatoms. The summed E-state index contributed by atoms with van der Waals surface area (Å²) in [5.74, 6) is 0.456. The lowest BCUT2D eigenvalue weighted by Crippen LogP contribution is -2.52. The zero-order chi connectivity index (χ0) is 12.5. The average molecular weight is 261 g/mol. The Hall–Kier alpha value is -0.170. The first-order valence-electron chi connectivity index (χ1n) is 6.52. The molecule has 3 atom stereocenters. The van der Waals surface area contributed by atoms with Gasteiger partial charge in [-0.3, -0.25) is 0 Å². The monoisotopic (exact) mass is 261 g/mol. The average Bonchev–Trinajstić information content (AvgIpc) is 2.64. The molecule has 0 aromatic heterocycles. The molecule has 0 radical (unpaired) electrons. The summed E-state index contributed by atoms with van der Waals surface area (Å²) < 4.78 is 28.7. The Balaban J connectivity index is 1.98. The van der Waals surface area contributed by atoms with Gasteiger partial charge in [-0.2, -0.15) is 17.4 Å². The van der Waals surface area contributed by atoms with Crippen LogP contribution in [0.4, 0.5) is 0 Å². The highest BCUT2D eigenvalue weighted by molar-refractivity contribution is 7.87. The van der Waals surface area contributed by atoms with Crippen molar-refractivity contribution in [2.75, 3.05) is 13.1 Å². The lowest BCUT2D eigenvalue weighted by molar-refractivity contribution is 0.276. The minimum absolute atomic E-state index is 0.0213. The van der Waals surface area contributed by atoms with Crippen LogP contribution < -0.4 is 10.5 Å². The van der Waals surface area contributed by atoms with Crippen molar-refractivity contribution in [1.29, 1.82) is 0 Å². The van der Waals surface area contributed by atoms with Gasteiger partial charge in [0.25, 0.3) is 10.2 Å². The van der Waals surface area contributed by atoms with Gasteiger partial charge in [0.1, 0.15) is 0 Å². The van der Waals surface area contributed by atoms with E-state index in [0.717, 1.165) is 32.1 Å². The number of nitrogens with two attached hydrogens (primary N) is 1. The van der Waals surface area contributed by atoms with Crippen molar-refractivity contribution in [3.05, 3.63) is 0 Å². The molecular weight excluding hydrogens is 238 g/mol. The lowest BCUT2D eigenvalue weighted by atomic mass is 10.0. The molecule has 0 bridgehead atoms. The van der Waals surface area contributed by atoms with Gasteiger partial charge in [0.2, 0.25) is 0 Å². The third kappa shape index (κ3) is 3.19. The van der Waals surface area contributed by atoms with Crippen LogP contribution in [0.5, 0.6) is 0 Å². The van der Waals surface area contributed by atoms with Gasteiger partial charge in [0.15, 0.2) is 0 Å². The number of nitrogens with zero attached hydrogens (tertiary/aromatic N) is 1. The van der Waals surface area contributed by atoms with Crippen molar-refractivity contribution in [1.82, 2.24) is 9.03 Å². The summed E-state index contributed by atoms with van der Waals surface area (Å²) in [5.41, 5.74) is 5.90. The molecule has 0 spiro atoms. The largest absolute Gasteiger partial charge is 0.326 e. The summed E-state index contributed by atoms with van der Waals surface area (Å²) >= 11 is 0. The van der Waals surface area contributed by atoms with Crippen molar-refractivity contribution in [2.24, 2.45) is 11.7 Å². The highest BCUT2D eigenvalue weighted by atomic mass is 32.2. The SMILES string of the molecule is CC1CCCN(S(=O)(=O)NC2CCCC2N)C1. The number of hydrogen-bond acceptors (Lipinski definition) is 3. The van der Waals surface area contributed by atoms with Gasteiger partial charge < -0.3 is 5.73 Å². The van der Waals surface area contributed by atoms with Gasteiger partial charge in [0, 0.05) is 25.2 Å². The van der Waals surface area contributed by atoms with E-state index in [0.29, 0.717) is 19.0 Å². The van der Waals surface area contributed by atoms with E-state index in [1.54, 1.807) is 4.31 Å². The second-order valence-corrected chi connectivity index (χ2v) is 7.13. The maximum Gasteiger partial charge on any atom is 0.279 e. The van der Waals surface area contributed by atoms with E-state index in [9.17, 15) is 8.42 Å². The van der Waals surface area contributed by atoms with Crippen LogP contribution >= 0.6 is 0 Å². The first kappa shape index (κ1) is 13.3. The van der Waals surface area contributed by atoms with Crippen molar-refractivity contribution in [3.63, 3.8) is 0 Å². The fourth-order valence-electron chi connectivity index (χ4n) is 2.77. The van der Waals surface area contributed by atoms with Crippen LogP contribution in [0.1, 0.15) is 39.0 Å². The molecule has 1 aliphatic heterocycles. The van der Waals surface area contributed by atoms with Crippen LogP contribution in [0.15, 0.2) is 0 Å². The van der Waals surface area contributed by atoms with Crippen LogP contribution in [-0.2, 0) is 10.2 Å². The van der Waals surface area contributed by atoms with Gasteiger partial charge in [0.05, 0.1) is 0 Å². The van der Waals surface area contributed by atoms with Crippen molar-refractivity contribution >= 4 is 10.2 Å². The Kier molecular flexibility index (Phi) is 4.07. The van der Waals surface area contributed by atoms with Crippen molar-refractivity contribution in [2.45, 2.75) is 51.1 Å². The van der Waals surface area contributed by atoms with Gasteiger partial charge in [-0.05, 0) is 31.6 Å². The second kappa shape index (κ2) is 5.22. The van der Waals surface area contributed by atoms with Crippen LogP contribution in [0.2, 0.25) is 0 Å². The molecule has 17 heavy (non-hydrogen) atoms. The number of hydrogen-bond donors (Lipinski definition) is 2. The van der Waals surface area contributed by atoms with Crippen molar-refractivity contribution < 1.29 is 8.42 Å². The minimum Gasteiger partial charge on any atom is -0.326 e. The van der Waals surface area contributed by atoms with Crippen LogP contribution in [0.25, 0.3) is 0 Å². The topological polar surface area (TPSA) is 75.4 Å². The predicted octanol–water partition coefficient (Wildman–Crippen LogP) is 0.433. The summed E-state index contributed by atoms with van der Waals surface area (Å²) in [6, 6.07) is -0.0933. The van der Waals surface area contributed by atoms with Crippen molar-refractivity contribution in [3.8, 4) is 0 Å². The molecule has 3 unspecified atom stereocenters. The Morgan fingerprint density at radius 1 is 1.24 bits per heavy atom. The fourth-order valence-corrected chi connectivity index (χ4v) is 4.41. The fraction of sp³-hybridized carbons (Fsp3) is 1.00. The smallest absolute Gasteiger partial charge is 0.279 e. The molecule has 3 N–H and O–H groups in total. The van der Waals surface area contributed by atoms with E-state index in [-0.39, 0.29) is 12.1 Å². The summed E-state index contributed by atoms with van der Waals surface area (Å²) in [4.78, 5) is 0. The molecule has 0 aromatic carbocycles. The number of piperidine rings is 1. The van der Waals surface area contributed by atoms with E-state index in [4.69, 9.17) is 5.73 Å². The predicted molar refractivity (Wildman–Crippen MR) is 67.6 cm³/mol. The first-order valence-corrected chi connectivity index (χ1v) is 7.96. The van der Waals surface area contributed by atoms with E-state index in [1.807, 2.05) is 0 Å². The molecule has 0 aromatic rings. The maximum atomic E-state index is 12.2. The van der Waals surface area contributed by atoms with Gasteiger partial charge in [-0.1, -0.05) is 13.3 Å². The van der Waals surface area contributed by atoms with Gasteiger partial charge in [-0.15, -0.1) is 0 Å². The summed E-state index contributed by atoms with van der Waals surface area (Å²) in [7, 11) is -3.33. The molecule has 1 saturated carbocycles. The number of nitrogens with one attached hydrogen (secondary N) is 1. The highest BCUT2D eigenvalue weighted by Crippen LogP contribution is 2.21. The third-order valence-electron chi connectivity index (χ3n) is 3.83. The molecule has 1 aliphatic carbocycles. The Labute approximate surface area is 104 Å². The molecular formula is C11H23N3O2S. The zero-order valence-corrected chi connectivity index (χ0v) is 11.2. The summed E-state index contributed by atoms with van der Waals surface area (Å²) in [6.07, 6.45) is 4.88. The summed E-state index contributed by atoms with van der Waals surface area (Å²) in [6.45, 7) is 3.38. The van der Waals surface area contributed by atoms with Crippen LogP contribution in [0.3, 0.4) is 0 Å². The van der Waals surface area contributed by atoms with E-state index in [2.05, 4.69) is 11.6 Å². The Morgan fingerprint density at radius 2 is 2.00 bits per heavy atom. The molecule has 5 nitrogen and oxygen atoms in total. The van der Waals surface area contributed by atoms with E-state index in [1.165, 1.54) is 0 Å². The molecule has 100 valence electrons. The number of rotatable bonds is 3. The summed E-state index contributed by atoms with van der Waals surface area (Å²) in [5, 5.41) is 0. The first-order chi connectivity index (χ1) is 7.99. The lowest BCUT2D eigenvalue weighted by Gasteiger charge is -2.31. The van der Waals surface area contributed by atoms with E-state index < -0.39 is 10.2 Å². The second-order valence-electron chi connectivity index (χ2n) is 5.43. The molecule has 2 rings (SSSR count). The standard InChI is InChI=1S/C11H23N3O2S/c1-9-4-3-7-14(8-9)17(15,16)13-11-6-2-5-10(11)12/h9-11,13H,2-8,12H2,1H3. The third-order valence-corrected chi connectivity index (χ3v) is 5.44. The molecule has 2 fully saturated rings. The Morgan fingerprint density at radius 3 is 2.59 bits per heavy atom. The molecule has 1 saturated heterocycles. The van der Waals surface area contributed by atoms with Crippen LogP contribution in [0, 0.1) is 5.92 Å².